The number of nitrogens with zero attached hydrogens (tertiary/aromatic N) is 1. The molecule has 2 aromatic rings. The van der Waals surface area contributed by atoms with Gasteiger partial charge in [0.25, 0.3) is 0 Å². The number of halogens is 2. The highest BCUT2D eigenvalue weighted by Gasteiger charge is 2.21. The molecule has 0 aliphatic rings. The summed E-state index contributed by atoms with van der Waals surface area (Å²) in [5.41, 5.74) is 0.574. The van der Waals surface area contributed by atoms with Crippen molar-refractivity contribution in [3.8, 4) is 17.4 Å². The number of pyridine rings is 1. The molecule has 0 aliphatic carbocycles. The van der Waals surface area contributed by atoms with E-state index in [4.69, 9.17) is 42.1 Å². The summed E-state index contributed by atoms with van der Waals surface area (Å²) in [5, 5.41) is 2.86. The number of hydrogen-bond acceptors (Lipinski definition) is 9. The van der Waals surface area contributed by atoms with Gasteiger partial charge in [0.1, 0.15) is 23.1 Å². The number of methoxy groups -OCH3 is 2. The van der Waals surface area contributed by atoms with E-state index in [0.717, 1.165) is 0 Å². The molecule has 2 rings (SSSR count). The van der Waals surface area contributed by atoms with Gasteiger partial charge in [-0.2, -0.15) is 13.1 Å². The highest BCUT2D eigenvalue weighted by Crippen LogP contribution is 2.37. The second-order valence-electron chi connectivity index (χ2n) is 7.24. The van der Waals surface area contributed by atoms with E-state index < -0.39 is 22.5 Å². The third-order valence-corrected chi connectivity index (χ3v) is 5.95. The molecule has 1 atom stereocenters. The van der Waals surface area contributed by atoms with Crippen LogP contribution in [0.4, 0.5) is 4.79 Å². The highest BCUT2D eigenvalue weighted by molar-refractivity contribution is 7.85. The normalized spacial score (nSPS) is 12.1. The van der Waals surface area contributed by atoms with Crippen LogP contribution in [0, 0.1) is 0 Å². The van der Waals surface area contributed by atoms with Gasteiger partial charge in [0, 0.05) is 45.1 Å². The first-order valence-electron chi connectivity index (χ1n) is 10.9. The van der Waals surface area contributed by atoms with Crippen LogP contribution in [-0.4, -0.2) is 60.0 Å². The van der Waals surface area contributed by atoms with Crippen LogP contribution in [0.25, 0.3) is 0 Å². The van der Waals surface area contributed by atoms with E-state index in [1.807, 2.05) is 6.92 Å². The number of nitrogens with one attached hydrogen (secondary N) is 2. The highest BCUT2D eigenvalue weighted by atomic mass is 35.5. The molecule has 14 heteroatoms. The number of benzene rings is 1. The van der Waals surface area contributed by atoms with Gasteiger partial charge in [0.2, 0.25) is 5.88 Å². The van der Waals surface area contributed by atoms with Crippen molar-refractivity contribution in [2.24, 2.45) is 0 Å². The van der Waals surface area contributed by atoms with Crippen molar-refractivity contribution < 1.29 is 36.3 Å². The first-order chi connectivity index (χ1) is 17.2. The molecule has 1 amide bonds. The van der Waals surface area contributed by atoms with Crippen molar-refractivity contribution in [1.82, 2.24) is 15.0 Å². The lowest BCUT2D eigenvalue weighted by molar-refractivity contribution is 0.0946. The van der Waals surface area contributed by atoms with Gasteiger partial charge in [0.15, 0.2) is 0 Å². The van der Waals surface area contributed by atoms with Crippen molar-refractivity contribution in [2.45, 2.75) is 25.9 Å². The van der Waals surface area contributed by atoms with Crippen LogP contribution in [0.1, 0.15) is 31.4 Å². The average molecular weight is 566 g/mol. The summed E-state index contributed by atoms with van der Waals surface area (Å²) in [5.74, 6) is 0.933. The third-order valence-electron chi connectivity index (χ3n) is 4.54. The molecule has 0 saturated carbocycles. The Hall–Kier alpha value is -2.35. The third kappa shape index (κ3) is 9.96. The maximum Gasteiger partial charge on any atom is 0.423 e. The molecular weight excluding hydrogens is 537 g/mol. The molecule has 1 unspecified atom stereocenters. The summed E-state index contributed by atoms with van der Waals surface area (Å²) >= 11 is 12.1. The largest absolute Gasteiger partial charge is 0.491 e. The molecule has 36 heavy (non-hydrogen) atoms. The first-order valence-corrected chi connectivity index (χ1v) is 13.1. The summed E-state index contributed by atoms with van der Waals surface area (Å²) in [6, 6.07) is 6.56. The lowest BCUT2D eigenvalue weighted by Crippen LogP contribution is -2.34. The molecule has 1 aromatic carbocycles. The van der Waals surface area contributed by atoms with Crippen molar-refractivity contribution in [2.75, 3.05) is 40.5 Å². The number of carbonyl (C=O) groups excluding carboxylic acids is 1. The molecule has 11 nitrogen and oxygen atoms in total. The number of amides is 1. The minimum atomic E-state index is -4.31. The maximum absolute atomic E-state index is 12.0. The zero-order chi connectivity index (χ0) is 26.6. The van der Waals surface area contributed by atoms with Gasteiger partial charge >= 0.3 is 16.4 Å². The van der Waals surface area contributed by atoms with Gasteiger partial charge in [-0.15, -0.1) is 0 Å². The Labute approximate surface area is 220 Å². The zero-order valence-corrected chi connectivity index (χ0v) is 22.4. The van der Waals surface area contributed by atoms with Gasteiger partial charge in [-0.1, -0.05) is 30.1 Å². The van der Waals surface area contributed by atoms with Crippen LogP contribution in [0.2, 0.25) is 10.0 Å². The van der Waals surface area contributed by atoms with Crippen molar-refractivity contribution in [3.63, 3.8) is 0 Å². The molecule has 0 bridgehead atoms. The molecule has 0 aliphatic heterocycles. The van der Waals surface area contributed by atoms with E-state index in [2.05, 4.69) is 19.2 Å². The van der Waals surface area contributed by atoms with Gasteiger partial charge in [0.05, 0.1) is 17.7 Å². The fraction of sp³-hybridized carbons (Fsp3) is 0.455. The van der Waals surface area contributed by atoms with E-state index >= 15 is 0 Å². The van der Waals surface area contributed by atoms with Gasteiger partial charge in [-0.05, 0) is 31.0 Å². The zero-order valence-electron chi connectivity index (χ0n) is 20.1. The van der Waals surface area contributed by atoms with E-state index in [1.54, 1.807) is 25.3 Å². The second-order valence-corrected chi connectivity index (χ2v) is 9.45. The van der Waals surface area contributed by atoms with Crippen molar-refractivity contribution in [3.05, 3.63) is 46.1 Å². The van der Waals surface area contributed by atoms with E-state index in [9.17, 15) is 13.2 Å². The summed E-state index contributed by atoms with van der Waals surface area (Å²) in [6.07, 6.45) is 0.531. The van der Waals surface area contributed by atoms with Crippen LogP contribution in [0.5, 0.6) is 17.4 Å². The minimum absolute atomic E-state index is 0.0899. The molecule has 0 saturated heterocycles. The lowest BCUT2D eigenvalue weighted by Gasteiger charge is -2.20. The van der Waals surface area contributed by atoms with Gasteiger partial charge in [-0.25, -0.2) is 9.78 Å². The van der Waals surface area contributed by atoms with Gasteiger partial charge in [-0.3, -0.25) is 0 Å². The summed E-state index contributed by atoms with van der Waals surface area (Å²) in [4.78, 5) is 15.7. The van der Waals surface area contributed by atoms with E-state index in [-0.39, 0.29) is 23.9 Å². The second kappa shape index (κ2) is 15.0. The standard InChI is InChI=1S/C22H29Cl2N3O8S/c1-4-8-25-22(28)35-36(29,30)27-9-7-19(32-3)17-6-5-16(33-11-10-31-2)13-20(17)34-21-18(24)12-15(23)14-26-21/h5-6,12-14,19,27H,4,7-11H2,1-3H3,(H,25,28). The number of aromatic nitrogens is 1. The summed E-state index contributed by atoms with van der Waals surface area (Å²) in [7, 11) is -1.27. The smallest absolute Gasteiger partial charge is 0.423 e. The fourth-order valence-corrected chi connectivity index (χ4v) is 3.99. The Kier molecular flexibility index (Phi) is 12.5. The van der Waals surface area contributed by atoms with Crippen LogP contribution in [0.3, 0.4) is 0 Å². The quantitative estimate of drug-likeness (QED) is 0.304. The van der Waals surface area contributed by atoms with Crippen LogP contribution < -0.4 is 19.5 Å². The molecule has 0 fully saturated rings. The predicted molar refractivity (Wildman–Crippen MR) is 134 cm³/mol. The predicted octanol–water partition coefficient (Wildman–Crippen LogP) is 4.25. The molecule has 1 aromatic heterocycles. The Morgan fingerprint density at radius 2 is 1.92 bits per heavy atom. The molecule has 1 heterocycles. The molecule has 0 spiro atoms. The summed E-state index contributed by atoms with van der Waals surface area (Å²) in [6.45, 7) is 2.73. The first kappa shape index (κ1) is 29.9. The fourth-order valence-electron chi connectivity index (χ4n) is 2.88. The minimum Gasteiger partial charge on any atom is -0.491 e. The number of carbonyl (C=O) groups is 1. The SMILES string of the molecule is CCCNC(=O)OS(=O)(=O)NCCC(OC)c1ccc(OCCOC)cc1Oc1ncc(Cl)cc1Cl. The van der Waals surface area contributed by atoms with Crippen molar-refractivity contribution in [1.29, 1.82) is 0 Å². The molecule has 2 N–H and O–H groups in total. The monoisotopic (exact) mass is 565 g/mol. The molecular formula is C22H29Cl2N3O8S. The van der Waals surface area contributed by atoms with Gasteiger partial charge < -0.3 is 28.4 Å². The lowest BCUT2D eigenvalue weighted by atomic mass is 10.0. The van der Waals surface area contributed by atoms with Crippen molar-refractivity contribution >= 4 is 39.6 Å². The Morgan fingerprint density at radius 1 is 1.14 bits per heavy atom. The van der Waals surface area contributed by atoms with Crippen LogP contribution in [-0.2, 0) is 24.0 Å². The Morgan fingerprint density at radius 3 is 2.58 bits per heavy atom. The van der Waals surface area contributed by atoms with Crippen LogP contribution >= 0.6 is 23.2 Å². The van der Waals surface area contributed by atoms with E-state index in [0.29, 0.717) is 48.3 Å². The number of ether oxygens (including phenoxy) is 4. The Bertz CT molecular complexity index is 1100. The maximum atomic E-state index is 12.0. The number of rotatable bonds is 15. The number of hydrogen-bond donors (Lipinski definition) is 2. The Balaban J connectivity index is 2.18. The average Bonchev–Trinajstić information content (AvgIpc) is 2.82. The summed E-state index contributed by atoms with van der Waals surface area (Å²) < 4.78 is 52.9. The molecule has 0 radical (unpaired) electrons. The topological polar surface area (TPSA) is 134 Å². The molecule has 200 valence electrons. The van der Waals surface area contributed by atoms with E-state index in [1.165, 1.54) is 19.4 Å². The van der Waals surface area contributed by atoms with Crippen LogP contribution in [0.15, 0.2) is 30.5 Å².